The van der Waals surface area contributed by atoms with Crippen molar-refractivity contribution in [3.05, 3.63) is 29.1 Å². The minimum atomic E-state index is -0.275. The van der Waals surface area contributed by atoms with Crippen molar-refractivity contribution in [2.24, 2.45) is 5.73 Å². The summed E-state index contributed by atoms with van der Waals surface area (Å²) in [6, 6.07) is 3.29. The van der Waals surface area contributed by atoms with Crippen molar-refractivity contribution in [2.75, 3.05) is 7.11 Å². The molecule has 2 N–H and O–H groups in total. The van der Waals surface area contributed by atoms with Crippen LogP contribution >= 0.6 is 0 Å². The summed E-state index contributed by atoms with van der Waals surface area (Å²) in [5.74, 6) is 0.368. The first-order valence-corrected chi connectivity index (χ1v) is 5.26. The SMILES string of the molecule is CCc1cc(C2(N)CC2)c(OC)cc1F. The Morgan fingerprint density at radius 3 is 2.60 bits per heavy atom. The number of nitrogens with two attached hydrogens (primary N) is 1. The molecule has 1 aliphatic carbocycles. The lowest BCUT2D eigenvalue weighted by molar-refractivity contribution is 0.400. The van der Waals surface area contributed by atoms with E-state index in [4.69, 9.17) is 10.5 Å². The summed E-state index contributed by atoms with van der Waals surface area (Å²) >= 11 is 0. The fraction of sp³-hybridized carbons (Fsp3) is 0.500. The second-order valence-corrected chi connectivity index (χ2v) is 4.15. The molecular formula is C12H16FNO. The van der Waals surface area contributed by atoms with E-state index >= 15 is 0 Å². The largest absolute Gasteiger partial charge is 0.496 e. The average molecular weight is 209 g/mol. The Bertz CT molecular complexity index is 385. The Labute approximate surface area is 89.2 Å². The van der Waals surface area contributed by atoms with Crippen LogP contribution < -0.4 is 10.5 Å². The van der Waals surface area contributed by atoms with Gasteiger partial charge in [-0.1, -0.05) is 6.92 Å². The molecule has 0 bridgehead atoms. The molecule has 0 heterocycles. The molecule has 0 aromatic heterocycles. The molecule has 1 aromatic carbocycles. The maximum Gasteiger partial charge on any atom is 0.130 e. The lowest BCUT2D eigenvalue weighted by Gasteiger charge is -2.16. The van der Waals surface area contributed by atoms with Gasteiger partial charge in [0.05, 0.1) is 7.11 Å². The van der Waals surface area contributed by atoms with Crippen molar-refractivity contribution in [1.82, 2.24) is 0 Å². The highest BCUT2D eigenvalue weighted by atomic mass is 19.1. The zero-order valence-corrected chi connectivity index (χ0v) is 9.14. The van der Waals surface area contributed by atoms with E-state index in [1.165, 1.54) is 6.07 Å². The van der Waals surface area contributed by atoms with Crippen LogP contribution in [0.25, 0.3) is 0 Å². The van der Waals surface area contributed by atoms with Crippen LogP contribution in [-0.2, 0) is 12.0 Å². The predicted octanol–water partition coefficient (Wildman–Crippen LogP) is 2.34. The first-order valence-electron chi connectivity index (χ1n) is 5.26. The first-order chi connectivity index (χ1) is 7.10. The molecule has 0 unspecified atom stereocenters. The van der Waals surface area contributed by atoms with E-state index in [1.54, 1.807) is 7.11 Å². The standard InChI is InChI=1S/C12H16FNO/c1-3-8-6-9(12(14)4-5-12)11(15-2)7-10(8)13/h6-7H,3-5,14H2,1-2H3. The highest BCUT2D eigenvalue weighted by Gasteiger charge is 2.42. The molecule has 15 heavy (non-hydrogen) atoms. The van der Waals surface area contributed by atoms with Gasteiger partial charge in [-0.05, 0) is 30.9 Å². The Morgan fingerprint density at radius 2 is 2.13 bits per heavy atom. The normalized spacial score (nSPS) is 17.6. The summed E-state index contributed by atoms with van der Waals surface area (Å²) in [6.45, 7) is 1.94. The van der Waals surface area contributed by atoms with Crippen LogP contribution in [0.2, 0.25) is 0 Å². The molecule has 3 heteroatoms. The van der Waals surface area contributed by atoms with Crippen molar-refractivity contribution in [3.63, 3.8) is 0 Å². The maximum atomic E-state index is 13.5. The maximum absolute atomic E-state index is 13.5. The number of halogens is 1. The summed E-state index contributed by atoms with van der Waals surface area (Å²) < 4.78 is 18.7. The topological polar surface area (TPSA) is 35.2 Å². The average Bonchev–Trinajstić information content (AvgIpc) is 2.97. The number of hydrogen-bond donors (Lipinski definition) is 1. The minimum absolute atomic E-state index is 0.206. The van der Waals surface area contributed by atoms with E-state index in [-0.39, 0.29) is 11.4 Å². The van der Waals surface area contributed by atoms with E-state index in [2.05, 4.69) is 0 Å². The fourth-order valence-electron chi connectivity index (χ4n) is 1.83. The number of benzene rings is 1. The minimum Gasteiger partial charge on any atom is -0.496 e. The van der Waals surface area contributed by atoms with Crippen LogP contribution in [0.1, 0.15) is 30.9 Å². The molecule has 0 amide bonds. The number of hydrogen-bond acceptors (Lipinski definition) is 2. The Morgan fingerprint density at radius 1 is 1.47 bits per heavy atom. The van der Waals surface area contributed by atoms with Crippen LogP contribution in [0.3, 0.4) is 0 Å². The van der Waals surface area contributed by atoms with Crippen molar-refractivity contribution in [2.45, 2.75) is 31.7 Å². The molecule has 1 fully saturated rings. The molecule has 1 aliphatic rings. The predicted molar refractivity (Wildman–Crippen MR) is 57.4 cm³/mol. The van der Waals surface area contributed by atoms with E-state index in [1.807, 2.05) is 13.0 Å². The van der Waals surface area contributed by atoms with Crippen LogP contribution in [-0.4, -0.2) is 7.11 Å². The third-order valence-corrected chi connectivity index (χ3v) is 3.07. The monoisotopic (exact) mass is 209 g/mol. The van der Waals surface area contributed by atoms with E-state index in [0.29, 0.717) is 17.7 Å². The number of aryl methyl sites for hydroxylation is 1. The Balaban J connectivity index is 2.51. The Kier molecular flexibility index (Phi) is 2.43. The summed E-state index contributed by atoms with van der Waals surface area (Å²) in [5, 5.41) is 0. The van der Waals surface area contributed by atoms with Gasteiger partial charge >= 0.3 is 0 Å². The van der Waals surface area contributed by atoms with Gasteiger partial charge in [0.1, 0.15) is 11.6 Å². The molecule has 0 spiro atoms. The first kappa shape index (κ1) is 10.4. The molecule has 0 radical (unpaired) electrons. The Hall–Kier alpha value is -1.09. The van der Waals surface area contributed by atoms with Gasteiger partial charge in [0, 0.05) is 17.2 Å². The molecule has 1 saturated carbocycles. The number of ether oxygens (including phenoxy) is 1. The van der Waals surface area contributed by atoms with E-state index in [9.17, 15) is 4.39 Å². The van der Waals surface area contributed by atoms with E-state index in [0.717, 1.165) is 18.4 Å². The van der Waals surface area contributed by atoms with E-state index < -0.39 is 0 Å². The van der Waals surface area contributed by atoms with Crippen molar-refractivity contribution in [1.29, 1.82) is 0 Å². The van der Waals surface area contributed by atoms with Gasteiger partial charge in [-0.15, -0.1) is 0 Å². The van der Waals surface area contributed by atoms with Gasteiger partial charge in [0.2, 0.25) is 0 Å². The molecule has 0 atom stereocenters. The van der Waals surface area contributed by atoms with Crippen molar-refractivity contribution in [3.8, 4) is 5.75 Å². The highest BCUT2D eigenvalue weighted by molar-refractivity contribution is 5.45. The summed E-state index contributed by atoms with van der Waals surface area (Å²) in [4.78, 5) is 0. The molecule has 2 rings (SSSR count). The lowest BCUT2D eigenvalue weighted by Crippen LogP contribution is -2.20. The zero-order valence-electron chi connectivity index (χ0n) is 9.14. The summed E-state index contributed by atoms with van der Waals surface area (Å²) in [7, 11) is 1.55. The second kappa shape index (κ2) is 3.49. The second-order valence-electron chi connectivity index (χ2n) is 4.15. The molecule has 2 nitrogen and oxygen atoms in total. The molecule has 0 aliphatic heterocycles. The van der Waals surface area contributed by atoms with Gasteiger partial charge in [0.25, 0.3) is 0 Å². The van der Waals surface area contributed by atoms with Gasteiger partial charge in [-0.2, -0.15) is 0 Å². The number of rotatable bonds is 3. The third kappa shape index (κ3) is 1.72. The lowest BCUT2D eigenvalue weighted by atomic mass is 10.00. The summed E-state index contributed by atoms with van der Waals surface area (Å²) in [5.41, 5.74) is 7.50. The van der Waals surface area contributed by atoms with Gasteiger partial charge < -0.3 is 10.5 Å². The zero-order chi connectivity index (χ0) is 11.1. The molecule has 82 valence electrons. The smallest absolute Gasteiger partial charge is 0.130 e. The molecular weight excluding hydrogens is 193 g/mol. The molecule has 1 aromatic rings. The van der Waals surface area contributed by atoms with Crippen molar-refractivity contribution < 1.29 is 9.13 Å². The van der Waals surface area contributed by atoms with Gasteiger partial charge in [-0.3, -0.25) is 0 Å². The number of methoxy groups -OCH3 is 1. The van der Waals surface area contributed by atoms with Crippen LogP contribution in [0.5, 0.6) is 5.75 Å². The highest BCUT2D eigenvalue weighted by Crippen LogP contribution is 2.47. The van der Waals surface area contributed by atoms with Crippen molar-refractivity contribution >= 4 is 0 Å². The summed E-state index contributed by atoms with van der Waals surface area (Å²) in [6.07, 6.45) is 2.59. The third-order valence-electron chi connectivity index (χ3n) is 3.07. The van der Waals surface area contributed by atoms with Gasteiger partial charge in [-0.25, -0.2) is 4.39 Å². The van der Waals surface area contributed by atoms with Crippen LogP contribution in [0.15, 0.2) is 12.1 Å². The van der Waals surface area contributed by atoms with Crippen LogP contribution in [0, 0.1) is 5.82 Å². The molecule has 0 saturated heterocycles. The fourth-order valence-corrected chi connectivity index (χ4v) is 1.83. The van der Waals surface area contributed by atoms with Crippen LogP contribution in [0.4, 0.5) is 4.39 Å². The quantitative estimate of drug-likeness (QED) is 0.829. The van der Waals surface area contributed by atoms with Gasteiger partial charge in [0.15, 0.2) is 0 Å².